The van der Waals surface area contributed by atoms with Crippen molar-refractivity contribution in [3.8, 4) is 0 Å². The van der Waals surface area contributed by atoms with Gasteiger partial charge < -0.3 is 5.73 Å². The second-order valence-electron chi connectivity index (χ2n) is 5.74. The van der Waals surface area contributed by atoms with Crippen molar-refractivity contribution in [3.63, 3.8) is 0 Å². The maximum absolute atomic E-state index is 6.62. The molecule has 2 atom stereocenters. The molecule has 94 valence electrons. The highest BCUT2D eigenvalue weighted by Crippen LogP contribution is 2.42. The van der Waals surface area contributed by atoms with E-state index in [1.165, 1.54) is 12.8 Å². The van der Waals surface area contributed by atoms with E-state index in [9.17, 15) is 0 Å². The highest BCUT2D eigenvalue weighted by atomic mass is 35.5. The Balaban J connectivity index is 2.27. The third-order valence-electron chi connectivity index (χ3n) is 4.18. The molecule has 0 aliphatic heterocycles. The summed E-state index contributed by atoms with van der Waals surface area (Å²) >= 11 is 6.29. The van der Waals surface area contributed by atoms with Crippen molar-refractivity contribution in [2.45, 2.75) is 45.1 Å². The lowest BCUT2D eigenvalue weighted by Gasteiger charge is -2.40. The van der Waals surface area contributed by atoms with Crippen LogP contribution in [0.5, 0.6) is 0 Å². The summed E-state index contributed by atoms with van der Waals surface area (Å²) in [4.78, 5) is 0. The molecule has 0 aromatic heterocycles. The Kier molecular flexibility index (Phi) is 3.79. The second kappa shape index (κ2) is 4.99. The van der Waals surface area contributed by atoms with Crippen LogP contribution in [-0.2, 0) is 5.54 Å². The third-order valence-corrected chi connectivity index (χ3v) is 4.51. The maximum atomic E-state index is 6.62. The number of benzene rings is 1. The molecule has 0 heterocycles. The highest BCUT2D eigenvalue weighted by Gasteiger charge is 2.36. The summed E-state index contributed by atoms with van der Waals surface area (Å²) in [7, 11) is 0. The summed E-state index contributed by atoms with van der Waals surface area (Å²) in [6, 6.07) is 8.04. The van der Waals surface area contributed by atoms with Crippen LogP contribution < -0.4 is 5.73 Å². The van der Waals surface area contributed by atoms with Gasteiger partial charge in [0.15, 0.2) is 0 Å². The third kappa shape index (κ3) is 2.66. The molecule has 2 heteroatoms. The average molecular weight is 252 g/mol. The van der Waals surface area contributed by atoms with Gasteiger partial charge in [-0.25, -0.2) is 0 Å². The van der Waals surface area contributed by atoms with Crippen LogP contribution in [0.25, 0.3) is 0 Å². The highest BCUT2D eigenvalue weighted by molar-refractivity contribution is 6.31. The fourth-order valence-electron chi connectivity index (χ4n) is 3.03. The zero-order chi connectivity index (χ0) is 12.5. The van der Waals surface area contributed by atoms with Gasteiger partial charge in [0.1, 0.15) is 0 Å². The zero-order valence-electron chi connectivity index (χ0n) is 10.7. The summed E-state index contributed by atoms with van der Waals surface area (Å²) < 4.78 is 0. The van der Waals surface area contributed by atoms with Crippen LogP contribution in [-0.4, -0.2) is 0 Å². The fourth-order valence-corrected chi connectivity index (χ4v) is 3.35. The molecule has 17 heavy (non-hydrogen) atoms. The van der Waals surface area contributed by atoms with E-state index in [0.29, 0.717) is 5.92 Å². The predicted molar refractivity (Wildman–Crippen MR) is 74.1 cm³/mol. The van der Waals surface area contributed by atoms with Crippen molar-refractivity contribution in [1.29, 1.82) is 0 Å². The standard InChI is InChI=1S/C15H22ClN/c1-11(2)12-6-5-9-15(17,10-12)13-7-3-4-8-14(13)16/h3-4,7-8,11-12H,5-6,9-10,17H2,1-2H3. The van der Waals surface area contributed by atoms with E-state index in [4.69, 9.17) is 17.3 Å². The summed E-state index contributed by atoms with van der Waals surface area (Å²) in [5.41, 5.74) is 7.54. The summed E-state index contributed by atoms with van der Waals surface area (Å²) in [6.45, 7) is 4.59. The van der Waals surface area contributed by atoms with Crippen LogP contribution in [0.1, 0.15) is 45.1 Å². The summed E-state index contributed by atoms with van der Waals surface area (Å²) in [5, 5.41) is 0.819. The molecule has 1 saturated carbocycles. The van der Waals surface area contributed by atoms with Gasteiger partial charge in [-0.15, -0.1) is 0 Å². The molecule has 2 rings (SSSR count). The van der Waals surface area contributed by atoms with Crippen LogP contribution in [0.3, 0.4) is 0 Å². The number of halogens is 1. The van der Waals surface area contributed by atoms with Crippen LogP contribution >= 0.6 is 11.6 Å². The quantitative estimate of drug-likeness (QED) is 0.831. The summed E-state index contributed by atoms with van der Waals surface area (Å²) in [6.07, 6.45) is 4.64. The van der Waals surface area contributed by atoms with Gasteiger partial charge in [-0.05, 0) is 36.3 Å². The van der Waals surface area contributed by atoms with Gasteiger partial charge in [-0.2, -0.15) is 0 Å². The number of rotatable bonds is 2. The van der Waals surface area contributed by atoms with Gasteiger partial charge in [-0.3, -0.25) is 0 Å². The largest absolute Gasteiger partial charge is 0.321 e. The van der Waals surface area contributed by atoms with Crippen LogP contribution in [0.2, 0.25) is 5.02 Å². The Bertz CT molecular complexity index is 388. The van der Waals surface area contributed by atoms with Crippen molar-refractivity contribution in [2.24, 2.45) is 17.6 Å². The topological polar surface area (TPSA) is 26.0 Å². The van der Waals surface area contributed by atoms with E-state index in [0.717, 1.165) is 29.3 Å². The number of hydrogen-bond acceptors (Lipinski definition) is 1. The SMILES string of the molecule is CC(C)C1CCCC(N)(c2ccccc2Cl)C1. The van der Waals surface area contributed by atoms with E-state index in [-0.39, 0.29) is 5.54 Å². The Labute approximate surface area is 109 Å². The van der Waals surface area contributed by atoms with E-state index < -0.39 is 0 Å². The second-order valence-corrected chi connectivity index (χ2v) is 6.14. The molecule has 0 amide bonds. The van der Waals surface area contributed by atoms with Crippen molar-refractivity contribution >= 4 is 11.6 Å². The molecule has 0 bridgehead atoms. The Morgan fingerprint density at radius 1 is 1.35 bits per heavy atom. The Morgan fingerprint density at radius 2 is 2.06 bits per heavy atom. The molecule has 0 spiro atoms. The van der Waals surface area contributed by atoms with Crippen molar-refractivity contribution < 1.29 is 0 Å². The normalized spacial score (nSPS) is 29.6. The molecule has 2 N–H and O–H groups in total. The van der Waals surface area contributed by atoms with Crippen LogP contribution in [0.15, 0.2) is 24.3 Å². The lowest BCUT2D eigenvalue weighted by atomic mass is 9.69. The molecular weight excluding hydrogens is 230 g/mol. The summed E-state index contributed by atoms with van der Waals surface area (Å²) in [5.74, 6) is 1.44. The van der Waals surface area contributed by atoms with E-state index >= 15 is 0 Å². The first-order valence-electron chi connectivity index (χ1n) is 6.57. The molecule has 1 aromatic rings. The first-order chi connectivity index (χ1) is 8.03. The molecule has 1 nitrogen and oxygen atoms in total. The average Bonchev–Trinajstić information content (AvgIpc) is 2.29. The van der Waals surface area contributed by atoms with Crippen molar-refractivity contribution in [2.75, 3.05) is 0 Å². The molecule has 0 radical (unpaired) electrons. The minimum atomic E-state index is -0.217. The van der Waals surface area contributed by atoms with Crippen LogP contribution in [0.4, 0.5) is 0 Å². The van der Waals surface area contributed by atoms with Crippen molar-refractivity contribution in [1.82, 2.24) is 0 Å². The zero-order valence-corrected chi connectivity index (χ0v) is 11.5. The smallest absolute Gasteiger partial charge is 0.0456 e. The molecular formula is C15H22ClN. The monoisotopic (exact) mass is 251 g/mol. The molecule has 0 saturated heterocycles. The Hall–Kier alpha value is -0.530. The number of nitrogens with two attached hydrogens (primary N) is 1. The Morgan fingerprint density at radius 3 is 2.71 bits per heavy atom. The van der Waals surface area contributed by atoms with Gasteiger partial charge in [-0.1, -0.05) is 56.5 Å². The molecule has 1 aromatic carbocycles. The minimum Gasteiger partial charge on any atom is -0.321 e. The van der Waals surface area contributed by atoms with Gasteiger partial charge in [0.25, 0.3) is 0 Å². The lowest BCUT2D eigenvalue weighted by molar-refractivity contribution is 0.184. The molecule has 1 aliphatic carbocycles. The maximum Gasteiger partial charge on any atom is 0.0456 e. The number of hydrogen-bond donors (Lipinski definition) is 1. The van der Waals surface area contributed by atoms with E-state index in [1.807, 2.05) is 18.2 Å². The van der Waals surface area contributed by atoms with E-state index in [1.54, 1.807) is 0 Å². The van der Waals surface area contributed by atoms with Crippen LogP contribution in [0, 0.1) is 11.8 Å². The molecule has 1 fully saturated rings. The minimum absolute atomic E-state index is 0.217. The van der Waals surface area contributed by atoms with Gasteiger partial charge in [0.05, 0.1) is 0 Å². The van der Waals surface area contributed by atoms with Gasteiger partial charge in [0, 0.05) is 10.6 Å². The molecule has 1 aliphatic rings. The molecule has 2 unspecified atom stereocenters. The van der Waals surface area contributed by atoms with Crippen molar-refractivity contribution in [3.05, 3.63) is 34.9 Å². The van der Waals surface area contributed by atoms with Gasteiger partial charge in [0.2, 0.25) is 0 Å². The first-order valence-corrected chi connectivity index (χ1v) is 6.94. The lowest BCUT2D eigenvalue weighted by Crippen LogP contribution is -2.42. The first kappa shape index (κ1) is 12.9. The predicted octanol–water partition coefficient (Wildman–Crippen LogP) is 4.34. The fraction of sp³-hybridized carbons (Fsp3) is 0.600. The van der Waals surface area contributed by atoms with Gasteiger partial charge >= 0.3 is 0 Å². The van der Waals surface area contributed by atoms with E-state index in [2.05, 4.69) is 19.9 Å².